The third kappa shape index (κ3) is 5.57. The van der Waals surface area contributed by atoms with Crippen LogP contribution in [0, 0.1) is 0 Å². The van der Waals surface area contributed by atoms with E-state index in [2.05, 4.69) is 53.5 Å². The minimum atomic E-state index is -0.741. The number of ether oxygens (including phenoxy) is 2. The molecule has 0 saturated carbocycles. The molecule has 2 aromatic carbocycles. The maximum atomic E-state index is 10.7. The Bertz CT molecular complexity index is 1060. The molecule has 0 aliphatic carbocycles. The molecule has 1 fully saturated rings. The standard InChI is InChI=1S/C26H27NO4/c28-25(29)8-3-1-2-7-24(23-6-4-13-27-18-23)21-11-9-20-17-22(12-10-19(20)16-21)26-30-14-5-15-31-26/h4,6-7,9-13,16-18,26H,1-3,5,8,14-15H2,(H,28,29)/b24-7+. The van der Waals surface area contributed by atoms with E-state index in [0.29, 0.717) is 6.42 Å². The lowest BCUT2D eigenvalue weighted by molar-refractivity contribution is -0.182. The van der Waals surface area contributed by atoms with Gasteiger partial charge >= 0.3 is 5.97 Å². The van der Waals surface area contributed by atoms with Gasteiger partial charge in [0.25, 0.3) is 0 Å². The summed E-state index contributed by atoms with van der Waals surface area (Å²) in [6.07, 6.45) is 9.04. The van der Waals surface area contributed by atoms with E-state index in [1.807, 2.05) is 12.3 Å². The van der Waals surface area contributed by atoms with Gasteiger partial charge < -0.3 is 14.6 Å². The van der Waals surface area contributed by atoms with Gasteiger partial charge in [0.15, 0.2) is 6.29 Å². The Hall–Kier alpha value is -3.02. The smallest absolute Gasteiger partial charge is 0.303 e. The normalized spacial score (nSPS) is 15.3. The van der Waals surface area contributed by atoms with E-state index in [-0.39, 0.29) is 12.7 Å². The predicted octanol–water partition coefficient (Wildman–Crippen LogP) is 5.75. The Morgan fingerprint density at radius 1 is 1.03 bits per heavy atom. The lowest BCUT2D eigenvalue weighted by Crippen LogP contribution is -2.17. The molecule has 4 rings (SSSR count). The minimum Gasteiger partial charge on any atom is -0.481 e. The first kappa shape index (κ1) is 21.2. The molecule has 0 unspecified atom stereocenters. The van der Waals surface area contributed by atoms with Gasteiger partial charge in [0.2, 0.25) is 0 Å². The van der Waals surface area contributed by atoms with Crippen LogP contribution in [-0.4, -0.2) is 29.3 Å². The largest absolute Gasteiger partial charge is 0.481 e. The average molecular weight is 418 g/mol. The number of rotatable bonds is 8. The molecule has 0 amide bonds. The molecule has 1 aromatic heterocycles. The van der Waals surface area contributed by atoms with Crippen LogP contribution >= 0.6 is 0 Å². The van der Waals surface area contributed by atoms with Crippen molar-refractivity contribution in [3.05, 3.63) is 83.7 Å². The van der Waals surface area contributed by atoms with Crippen LogP contribution in [0.4, 0.5) is 0 Å². The van der Waals surface area contributed by atoms with Gasteiger partial charge in [-0.25, -0.2) is 0 Å². The van der Waals surface area contributed by atoms with Gasteiger partial charge in [0, 0.05) is 29.9 Å². The number of hydrogen-bond donors (Lipinski definition) is 1. The number of aromatic nitrogens is 1. The Morgan fingerprint density at radius 2 is 1.84 bits per heavy atom. The third-order valence-corrected chi connectivity index (χ3v) is 5.44. The molecule has 3 aromatic rings. The van der Waals surface area contributed by atoms with Crippen molar-refractivity contribution in [2.45, 2.75) is 38.4 Å². The number of benzene rings is 2. The SMILES string of the molecule is O=C(O)CCCC/C=C(/c1cccnc1)c1ccc2cc(C3OCCCO3)ccc2c1. The molecule has 31 heavy (non-hydrogen) atoms. The summed E-state index contributed by atoms with van der Waals surface area (Å²) in [5.74, 6) is -0.741. The van der Waals surface area contributed by atoms with Crippen LogP contribution in [-0.2, 0) is 14.3 Å². The number of carbonyl (C=O) groups is 1. The first-order valence-corrected chi connectivity index (χ1v) is 10.8. The molecule has 0 atom stereocenters. The highest BCUT2D eigenvalue weighted by molar-refractivity contribution is 5.89. The highest BCUT2D eigenvalue weighted by Crippen LogP contribution is 2.30. The maximum Gasteiger partial charge on any atom is 0.303 e. The maximum absolute atomic E-state index is 10.7. The molecular formula is C26H27NO4. The summed E-state index contributed by atoms with van der Waals surface area (Å²) in [7, 11) is 0. The summed E-state index contributed by atoms with van der Waals surface area (Å²) < 4.78 is 11.5. The fourth-order valence-corrected chi connectivity index (χ4v) is 3.85. The fourth-order valence-electron chi connectivity index (χ4n) is 3.85. The Morgan fingerprint density at radius 3 is 2.61 bits per heavy atom. The number of hydrogen-bond acceptors (Lipinski definition) is 4. The molecule has 1 saturated heterocycles. The van der Waals surface area contributed by atoms with Crippen molar-refractivity contribution in [1.29, 1.82) is 0 Å². The molecule has 2 heterocycles. The van der Waals surface area contributed by atoms with Crippen molar-refractivity contribution in [3.63, 3.8) is 0 Å². The Labute approximate surface area is 182 Å². The summed E-state index contributed by atoms with van der Waals surface area (Å²) in [6.45, 7) is 1.46. The van der Waals surface area contributed by atoms with E-state index in [0.717, 1.165) is 65.5 Å². The first-order valence-electron chi connectivity index (χ1n) is 10.8. The van der Waals surface area contributed by atoms with Crippen LogP contribution in [0.5, 0.6) is 0 Å². The van der Waals surface area contributed by atoms with Gasteiger partial charge in [-0.15, -0.1) is 0 Å². The summed E-state index contributed by atoms with van der Waals surface area (Å²) in [5.41, 5.74) is 4.34. The van der Waals surface area contributed by atoms with E-state index in [1.54, 1.807) is 6.20 Å². The predicted molar refractivity (Wildman–Crippen MR) is 121 cm³/mol. The molecule has 1 aliphatic heterocycles. The highest BCUT2D eigenvalue weighted by atomic mass is 16.7. The summed E-state index contributed by atoms with van der Waals surface area (Å²) >= 11 is 0. The third-order valence-electron chi connectivity index (χ3n) is 5.44. The topological polar surface area (TPSA) is 68.7 Å². The van der Waals surface area contributed by atoms with Gasteiger partial charge in [0.1, 0.15) is 0 Å². The van der Waals surface area contributed by atoms with Crippen molar-refractivity contribution in [2.24, 2.45) is 0 Å². The van der Waals surface area contributed by atoms with Crippen molar-refractivity contribution in [1.82, 2.24) is 4.98 Å². The van der Waals surface area contributed by atoms with Crippen LogP contribution in [0.15, 0.2) is 67.0 Å². The minimum absolute atomic E-state index is 0.211. The first-order chi connectivity index (χ1) is 15.2. The van der Waals surface area contributed by atoms with Crippen molar-refractivity contribution >= 4 is 22.3 Å². The van der Waals surface area contributed by atoms with E-state index < -0.39 is 5.97 Å². The molecule has 0 spiro atoms. The van der Waals surface area contributed by atoms with Gasteiger partial charge in [0.05, 0.1) is 13.2 Å². The second-order valence-electron chi connectivity index (χ2n) is 7.75. The van der Waals surface area contributed by atoms with Crippen LogP contribution < -0.4 is 0 Å². The molecular weight excluding hydrogens is 390 g/mol. The van der Waals surface area contributed by atoms with Gasteiger partial charge in [-0.2, -0.15) is 0 Å². The number of carboxylic acids is 1. The number of nitrogens with zero attached hydrogens (tertiary/aromatic N) is 1. The molecule has 5 heteroatoms. The summed E-state index contributed by atoms with van der Waals surface area (Å²) in [6, 6.07) is 16.8. The quantitative estimate of drug-likeness (QED) is 0.473. The molecule has 1 N–H and O–H groups in total. The van der Waals surface area contributed by atoms with Gasteiger partial charge in [-0.1, -0.05) is 36.4 Å². The zero-order valence-corrected chi connectivity index (χ0v) is 17.5. The van der Waals surface area contributed by atoms with E-state index in [9.17, 15) is 4.79 Å². The summed E-state index contributed by atoms with van der Waals surface area (Å²) in [5, 5.41) is 11.1. The van der Waals surface area contributed by atoms with Crippen molar-refractivity contribution < 1.29 is 19.4 Å². The van der Waals surface area contributed by atoms with Crippen LogP contribution in [0.1, 0.15) is 55.1 Å². The number of carboxylic acid groups (broad SMARTS) is 1. The zero-order chi connectivity index (χ0) is 21.5. The highest BCUT2D eigenvalue weighted by Gasteiger charge is 2.17. The fraction of sp³-hybridized carbons (Fsp3) is 0.308. The average Bonchev–Trinajstić information content (AvgIpc) is 2.82. The number of allylic oxidation sites excluding steroid dienone is 1. The molecule has 160 valence electrons. The molecule has 1 aliphatic rings. The van der Waals surface area contributed by atoms with E-state index >= 15 is 0 Å². The number of pyridine rings is 1. The second kappa shape index (κ2) is 10.3. The number of fused-ring (bicyclic) bond motifs is 1. The molecule has 5 nitrogen and oxygen atoms in total. The zero-order valence-electron chi connectivity index (χ0n) is 17.5. The van der Waals surface area contributed by atoms with Crippen LogP contribution in [0.25, 0.3) is 16.3 Å². The summed E-state index contributed by atoms with van der Waals surface area (Å²) in [4.78, 5) is 15.0. The molecule has 0 bridgehead atoms. The Balaban J connectivity index is 1.59. The van der Waals surface area contributed by atoms with Crippen molar-refractivity contribution in [3.8, 4) is 0 Å². The lowest BCUT2D eigenvalue weighted by atomic mass is 9.94. The second-order valence-corrected chi connectivity index (χ2v) is 7.75. The molecule has 0 radical (unpaired) electrons. The Kier molecular flexibility index (Phi) is 7.07. The van der Waals surface area contributed by atoms with Crippen LogP contribution in [0.2, 0.25) is 0 Å². The van der Waals surface area contributed by atoms with Gasteiger partial charge in [-0.05, 0) is 65.8 Å². The van der Waals surface area contributed by atoms with E-state index in [1.165, 1.54) is 0 Å². The van der Waals surface area contributed by atoms with E-state index in [4.69, 9.17) is 14.6 Å². The number of aliphatic carboxylic acids is 1. The monoisotopic (exact) mass is 417 g/mol. The van der Waals surface area contributed by atoms with Crippen molar-refractivity contribution in [2.75, 3.05) is 13.2 Å². The number of unbranched alkanes of at least 4 members (excludes halogenated alkanes) is 2. The lowest BCUT2D eigenvalue weighted by Gasteiger charge is -2.23. The van der Waals surface area contributed by atoms with Gasteiger partial charge in [-0.3, -0.25) is 9.78 Å². The van der Waals surface area contributed by atoms with Crippen LogP contribution in [0.3, 0.4) is 0 Å².